The lowest BCUT2D eigenvalue weighted by molar-refractivity contribution is 0.112. The van der Waals surface area contributed by atoms with Crippen LogP contribution in [0.5, 0.6) is 0 Å². The van der Waals surface area contributed by atoms with Crippen LogP contribution in [0.2, 0.25) is 0 Å². The largest absolute Gasteiger partial charge is 0.396 e. The fourth-order valence-corrected chi connectivity index (χ4v) is 3.87. The van der Waals surface area contributed by atoms with Crippen LogP contribution < -0.4 is 0 Å². The molecule has 1 N–H and O–H groups in total. The molecule has 1 saturated carbocycles. The van der Waals surface area contributed by atoms with Crippen LogP contribution in [0.3, 0.4) is 0 Å². The van der Waals surface area contributed by atoms with E-state index in [0.29, 0.717) is 18.1 Å². The Morgan fingerprint density at radius 1 is 0.875 bits per heavy atom. The van der Waals surface area contributed by atoms with Gasteiger partial charge in [0.25, 0.3) is 0 Å². The number of aldehydes is 1. The second kappa shape index (κ2) is 8.25. The number of hydrogen-bond acceptors (Lipinski definition) is 2. The van der Waals surface area contributed by atoms with Crippen molar-refractivity contribution in [3.05, 3.63) is 59.7 Å². The molecule has 2 nitrogen and oxygen atoms in total. The molecule has 0 bridgehead atoms. The van der Waals surface area contributed by atoms with Gasteiger partial charge in [0.1, 0.15) is 6.29 Å². The first-order valence-corrected chi connectivity index (χ1v) is 9.06. The summed E-state index contributed by atoms with van der Waals surface area (Å²) in [5.74, 6) is 1.49. The van der Waals surface area contributed by atoms with E-state index in [-0.39, 0.29) is 0 Å². The maximum absolute atomic E-state index is 10.7. The van der Waals surface area contributed by atoms with Gasteiger partial charge in [-0.2, -0.15) is 0 Å². The zero-order valence-electron chi connectivity index (χ0n) is 14.2. The minimum Gasteiger partial charge on any atom is -0.396 e. The first-order valence-electron chi connectivity index (χ1n) is 9.06. The molecule has 0 heterocycles. The molecule has 0 atom stereocenters. The van der Waals surface area contributed by atoms with Gasteiger partial charge in [0.05, 0.1) is 0 Å². The molecule has 0 radical (unpaired) electrons. The van der Waals surface area contributed by atoms with E-state index in [4.69, 9.17) is 5.11 Å². The lowest BCUT2D eigenvalue weighted by Gasteiger charge is -2.28. The van der Waals surface area contributed by atoms with Gasteiger partial charge in [0.2, 0.25) is 0 Å². The first-order chi connectivity index (χ1) is 11.8. The normalized spacial score (nSPS) is 20.7. The second-order valence-corrected chi connectivity index (χ2v) is 6.95. The average molecular weight is 322 g/mol. The van der Waals surface area contributed by atoms with Gasteiger partial charge in [-0.1, -0.05) is 48.5 Å². The SMILES string of the molecule is O=Cc1ccc(-c2ccc([C@H]3CC[C@H](CCCO)CC3)cc2)cc1. The Balaban J connectivity index is 1.61. The number of aliphatic hydroxyl groups excluding tert-OH is 1. The molecule has 2 heteroatoms. The molecule has 0 saturated heterocycles. The molecule has 2 aromatic carbocycles. The van der Waals surface area contributed by atoms with E-state index < -0.39 is 0 Å². The lowest BCUT2D eigenvalue weighted by atomic mass is 9.77. The van der Waals surface area contributed by atoms with Crippen molar-refractivity contribution in [3.8, 4) is 11.1 Å². The third-order valence-electron chi connectivity index (χ3n) is 5.38. The fourth-order valence-electron chi connectivity index (χ4n) is 3.87. The number of carbonyl (C=O) groups excluding carboxylic acids is 1. The van der Waals surface area contributed by atoms with E-state index in [2.05, 4.69) is 24.3 Å². The Morgan fingerprint density at radius 2 is 1.46 bits per heavy atom. The van der Waals surface area contributed by atoms with Crippen LogP contribution in [-0.2, 0) is 0 Å². The van der Waals surface area contributed by atoms with E-state index in [0.717, 1.165) is 24.2 Å². The summed E-state index contributed by atoms with van der Waals surface area (Å²) in [6.45, 7) is 0.329. The van der Waals surface area contributed by atoms with Crippen molar-refractivity contribution < 1.29 is 9.90 Å². The molecule has 2 aromatic rings. The van der Waals surface area contributed by atoms with Crippen molar-refractivity contribution in [3.63, 3.8) is 0 Å². The van der Waals surface area contributed by atoms with Crippen LogP contribution in [0.15, 0.2) is 48.5 Å². The highest BCUT2D eigenvalue weighted by Crippen LogP contribution is 2.38. The van der Waals surface area contributed by atoms with Gasteiger partial charge in [-0.25, -0.2) is 0 Å². The Bertz CT molecular complexity index is 635. The van der Waals surface area contributed by atoms with Crippen LogP contribution in [0, 0.1) is 5.92 Å². The second-order valence-electron chi connectivity index (χ2n) is 6.95. The van der Waals surface area contributed by atoms with Crippen LogP contribution in [0.1, 0.15) is 60.4 Å². The van der Waals surface area contributed by atoms with E-state index in [1.807, 2.05) is 24.3 Å². The molecule has 0 aromatic heterocycles. The average Bonchev–Trinajstić information content (AvgIpc) is 2.67. The summed E-state index contributed by atoms with van der Waals surface area (Å²) >= 11 is 0. The number of hydrogen-bond donors (Lipinski definition) is 1. The molecular formula is C22H26O2. The van der Waals surface area contributed by atoms with E-state index in [1.165, 1.54) is 43.2 Å². The zero-order valence-corrected chi connectivity index (χ0v) is 14.2. The molecule has 24 heavy (non-hydrogen) atoms. The van der Waals surface area contributed by atoms with Gasteiger partial charge in [0.15, 0.2) is 0 Å². The van der Waals surface area contributed by atoms with Gasteiger partial charge in [-0.05, 0) is 67.1 Å². The minimum atomic E-state index is 0.329. The number of rotatable bonds is 6. The number of aliphatic hydroxyl groups is 1. The summed E-state index contributed by atoms with van der Waals surface area (Å²) in [5.41, 5.74) is 4.52. The lowest BCUT2D eigenvalue weighted by Crippen LogP contribution is -2.13. The van der Waals surface area contributed by atoms with Crippen LogP contribution in [-0.4, -0.2) is 18.0 Å². The minimum absolute atomic E-state index is 0.329. The molecule has 0 unspecified atom stereocenters. The molecule has 1 aliphatic rings. The highest BCUT2D eigenvalue weighted by Gasteiger charge is 2.21. The smallest absolute Gasteiger partial charge is 0.150 e. The Labute approximate surface area is 144 Å². The molecule has 126 valence electrons. The van der Waals surface area contributed by atoms with Gasteiger partial charge in [-0.3, -0.25) is 4.79 Å². The van der Waals surface area contributed by atoms with Crippen molar-refractivity contribution >= 4 is 6.29 Å². The quantitative estimate of drug-likeness (QED) is 0.741. The van der Waals surface area contributed by atoms with Crippen LogP contribution >= 0.6 is 0 Å². The molecule has 1 fully saturated rings. The monoisotopic (exact) mass is 322 g/mol. The highest BCUT2D eigenvalue weighted by molar-refractivity contribution is 5.76. The third kappa shape index (κ3) is 4.12. The van der Waals surface area contributed by atoms with Crippen molar-refractivity contribution in [2.75, 3.05) is 6.61 Å². The summed E-state index contributed by atoms with van der Waals surface area (Å²) in [7, 11) is 0. The predicted octanol–water partition coefficient (Wildman–Crippen LogP) is 5.21. The first kappa shape index (κ1) is 16.9. The molecule has 3 rings (SSSR count). The highest BCUT2D eigenvalue weighted by atomic mass is 16.2. The topological polar surface area (TPSA) is 37.3 Å². The molecule has 0 spiro atoms. The van der Waals surface area contributed by atoms with Gasteiger partial charge in [-0.15, -0.1) is 0 Å². The van der Waals surface area contributed by atoms with Gasteiger partial charge >= 0.3 is 0 Å². The van der Waals surface area contributed by atoms with E-state index >= 15 is 0 Å². The van der Waals surface area contributed by atoms with Crippen LogP contribution in [0.25, 0.3) is 11.1 Å². The Kier molecular flexibility index (Phi) is 5.81. The van der Waals surface area contributed by atoms with E-state index in [1.54, 1.807) is 0 Å². The molecule has 0 amide bonds. The summed E-state index contributed by atoms with van der Waals surface area (Å²) < 4.78 is 0. The maximum atomic E-state index is 10.7. The Hall–Kier alpha value is -1.93. The number of carbonyl (C=O) groups is 1. The van der Waals surface area contributed by atoms with Crippen molar-refractivity contribution in [1.82, 2.24) is 0 Å². The molecule has 0 aliphatic heterocycles. The van der Waals surface area contributed by atoms with Crippen molar-refractivity contribution in [2.45, 2.75) is 44.4 Å². The molecule has 1 aliphatic carbocycles. The van der Waals surface area contributed by atoms with Gasteiger partial charge in [0, 0.05) is 12.2 Å². The zero-order chi connectivity index (χ0) is 16.8. The third-order valence-corrected chi connectivity index (χ3v) is 5.38. The van der Waals surface area contributed by atoms with Crippen molar-refractivity contribution in [1.29, 1.82) is 0 Å². The van der Waals surface area contributed by atoms with Crippen molar-refractivity contribution in [2.24, 2.45) is 5.92 Å². The maximum Gasteiger partial charge on any atom is 0.150 e. The fraction of sp³-hybridized carbons (Fsp3) is 0.409. The number of benzene rings is 2. The van der Waals surface area contributed by atoms with E-state index in [9.17, 15) is 4.79 Å². The molecular weight excluding hydrogens is 296 g/mol. The summed E-state index contributed by atoms with van der Waals surface area (Å²) in [6.07, 6.45) is 8.13. The Morgan fingerprint density at radius 3 is 2.00 bits per heavy atom. The summed E-state index contributed by atoms with van der Waals surface area (Å²) in [5, 5.41) is 8.96. The summed E-state index contributed by atoms with van der Waals surface area (Å²) in [4.78, 5) is 10.7. The summed E-state index contributed by atoms with van der Waals surface area (Å²) in [6, 6.07) is 16.7. The standard InChI is InChI=1S/C22H26O2/c23-15-1-2-17-3-7-19(8-4-17)21-11-13-22(14-12-21)20-9-5-18(16-24)6-10-20/h5-6,9-14,16-17,19,23H,1-4,7-8,15H2/t17-,19-. The van der Waals surface area contributed by atoms with Crippen LogP contribution in [0.4, 0.5) is 0 Å². The van der Waals surface area contributed by atoms with Gasteiger partial charge < -0.3 is 5.11 Å². The predicted molar refractivity (Wildman–Crippen MR) is 98.3 cm³/mol.